The van der Waals surface area contributed by atoms with Gasteiger partial charge in [-0.05, 0) is 42.9 Å². The Morgan fingerprint density at radius 1 is 1.29 bits per heavy atom. The van der Waals surface area contributed by atoms with Crippen LogP contribution in [0, 0.1) is 5.92 Å². The second-order valence-corrected chi connectivity index (χ2v) is 9.30. The van der Waals surface area contributed by atoms with E-state index in [-0.39, 0.29) is 17.2 Å². The number of aryl methyl sites for hydroxylation is 1. The molecule has 3 N–H and O–H groups in total. The highest BCUT2D eigenvalue weighted by Gasteiger charge is 2.27. The summed E-state index contributed by atoms with van der Waals surface area (Å²) in [6, 6.07) is 7.54. The van der Waals surface area contributed by atoms with Crippen LogP contribution >= 0.6 is 22.7 Å². The lowest BCUT2D eigenvalue weighted by molar-refractivity contribution is -0.116. The van der Waals surface area contributed by atoms with Crippen LogP contribution in [0.15, 0.2) is 29.1 Å². The summed E-state index contributed by atoms with van der Waals surface area (Å²) in [5.41, 5.74) is 7.88. The maximum absolute atomic E-state index is 12.5. The van der Waals surface area contributed by atoms with Gasteiger partial charge in [-0.25, -0.2) is 0 Å². The fourth-order valence-corrected chi connectivity index (χ4v) is 6.08. The van der Waals surface area contributed by atoms with Gasteiger partial charge in [0, 0.05) is 17.8 Å². The first-order chi connectivity index (χ1) is 13.4. The third kappa shape index (κ3) is 3.49. The average molecular weight is 416 g/mol. The SMILES string of the molecule is CC1CCc2c(sc(NC(=O)CCn3c(=O)sc4ccccc43)c2C(N)=O)C1. The molecule has 3 aromatic rings. The zero-order valence-corrected chi connectivity index (χ0v) is 17.1. The standard InChI is InChI=1S/C20H21N3O3S2/c1-11-6-7-12-15(10-11)27-19(17(12)18(21)25)22-16(24)8-9-23-13-4-2-3-5-14(13)28-20(23)26/h2-5,11H,6-10H2,1H3,(H2,21,25)(H,22,24). The van der Waals surface area contributed by atoms with E-state index in [4.69, 9.17) is 5.73 Å². The average Bonchev–Trinajstić information content (AvgIpc) is 3.15. The Balaban J connectivity index is 1.52. The van der Waals surface area contributed by atoms with Crippen molar-refractivity contribution in [2.75, 3.05) is 5.32 Å². The number of hydrogen-bond donors (Lipinski definition) is 2. The quantitative estimate of drug-likeness (QED) is 0.669. The lowest BCUT2D eigenvalue weighted by atomic mass is 9.88. The Kier molecular flexibility index (Phi) is 5.07. The Bertz CT molecular complexity index is 1130. The van der Waals surface area contributed by atoms with E-state index in [0.717, 1.165) is 39.9 Å². The first kappa shape index (κ1) is 18.9. The van der Waals surface area contributed by atoms with E-state index in [1.54, 1.807) is 4.57 Å². The van der Waals surface area contributed by atoms with Crippen molar-refractivity contribution in [1.29, 1.82) is 0 Å². The number of para-hydroxylation sites is 1. The number of carbonyl (C=O) groups excluding carboxylic acids is 2. The summed E-state index contributed by atoms with van der Waals surface area (Å²) in [6.45, 7) is 2.48. The molecule has 2 aromatic heterocycles. The number of hydrogen-bond acceptors (Lipinski definition) is 5. The second kappa shape index (κ2) is 7.52. The van der Waals surface area contributed by atoms with Crippen molar-refractivity contribution < 1.29 is 9.59 Å². The van der Waals surface area contributed by atoms with Gasteiger partial charge in [0.2, 0.25) is 5.91 Å². The number of amides is 2. The van der Waals surface area contributed by atoms with Gasteiger partial charge in [-0.3, -0.25) is 19.0 Å². The molecule has 0 spiro atoms. The normalized spacial score (nSPS) is 16.1. The molecule has 0 fully saturated rings. The number of fused-ring (bicyclic) bond motifs is 2. The Morgan fingerprint density at radius 3 is 2.86 bits per heavy atom. The van der Waals surface area contributed by atoms with Crippen LogP contribution in [0.1, 0.15) is 40.6 Å². The number of aromatic nitrogens is 1. The van der Waals surface area contributed by atoms with Crippen molar-refractivity contribution in [3.8, 4) is 0 Å². The van der Waals surface area contributed by atoms with E-state index < -0.39 is 5.91 Å². The molecular weight excluding hydrogens is 394 g/mol. The van der Waals surface area contributed by atoms with E-state index in [1.165, 1.54) is 22.7 Å². The van der Waals surface area contributed by atoms with E-state index in [9.17, 15) is 14.4 Å². The summed E-state index contributed by atoms with van der Waals surface area (Å²) in [7, 11) is 0. The van der Waals surface area contributed by atoms with Crippen LogP contribution in [0.25, 0.3) is 10.2 Å². The van der Waals surface area contributed by atoms with E-state index in [2.05, 4.69) is 12.2 Å². The van der Waals surface area contributed by atoms with Crippen LogP contribution in [0.3, 0.4) is 0 Å². The van der Waals surface area contributed by atoms with Gasteiger partial charge in [-0.1, -0.05) is 30.4 Å². The van der Waals surface area contributed by atoms with Crippen molar-refractivity contribution in [3.63, 3.8) is 0 Å². The topological polar surface area (TPSA) is 94.2 Å². The molecule has 2 heterocycles. The Morgan fingerprint density at radius 2 is 2.07 bits per heavy atom. The molecule has 0 bridgehead atoms. The highest BCUT2D eigenvalue weighted by atomic mass is 32.1. The fraction of sp³-hybridized carbons (Fsp3) is 0.350. The minimum Gasteiger partial charge on any atom is -0.365 e. The van der Waals surface area contributed by atoms with Crippen LogP contribution in [-0.2, 0) is 24.2 Å². The number of rotatable bonds is 5. The summed E-state index contributed by atoms with van der Waals surface area (Å²) < 4.78 is 2.53. The van der Waals surface area contributed by atoms with Crippen LogP contribution < -0.4 is 15.9 Å². The first-order valence-corrected chi connectivity index (χ1v) is 10.9. The number of carbonyl (C=O) groups is 2. The molecule has 0 saturated carbocycles. The van der Waals surface area contributed by atoms with E-state index in [1.807, 2.05) is 24.3 Å². The molecular formula is C20H21N3O3S2. The monoisotopic (exact) mass is 415 g/mol. The summed E-state index contributed by atoms with van der Waals surface area (Å²) in [5.74, 6) is -0.159. The van der Waals surface area contributed by atoms with Crippen molar-refractivity contribution in [2.45, 2.75) is 39.2 Å². The number of thiophene rings is 1. The van der Waals surface area contributed by atoms with E-state index >= 15 is 0 Å². The number of thiazole rings is 1. The predicted octanol–water partition coefficient (Wildman–Crippen LogP) is 3.38. The zero-order chi connectivity index (χ0) is 19.8. The number of nitrogens with one attached hydrogen (secondary N) is 1. The fourth-order valence-electron chi connectivity index (χ4n) is 3.73. The summed E-state index contributed by atoms with van der Waals surface area (Å²) in [6.07, 6.45) is 2.90. The summed E-state index contributed by atoms with van der Waals surface area (Å²) >= 11 is 2.63. The number of nitrogens with zero attached hydrogens (tertiary/aromatic N) is 1. The second-order valence-electron chi connectivity index (χ2n) is 7.21. The van der Waals surface area contributed by atoms with Gasteiger partial charge in [0.1, 0.15) is 5.00 Å². The molecule has 0 radical (unpaired) electrons. The van der Waals surface area contributed by atoms with Gasteiger partial charge in [0.05, 0.1) is 15.8 Å². The maximum atomic E-state index is 12.5. The van der Waals surface area contributed by atoms with Crippen molar-refractivity contribution in [2.24, 2.45) is 11.7 Å². The molecule has 4 rings (SSSR count). The van der Waals surface area contributed by atoms with E-state index in [0.29, 0.717) is 23.0 Å². The molecule has 28 heavy (non-hydrogen) atoms. The highest BCUT2D eigenvalue weighted by molar-refractivity contribution is 7.17. The molecule has 8 heteroatoms. The van der Waals surface area contributed by atoms with Crippen LogP contribution in [0.2, 0.25) is 0 Å². The molecule has 6 nitrogen and oxygen atoms in total. The van der Waals surface area contributed by atoms with Crippen LogP contribution in [0.5, 0.6) is 0 Å². The highest BCUT2D eigenvalue weighted by Crippen LogP contribution is 2.39. The van der Waals surface area contributed by atoms with Gasteiger partial charge in [0.25, 0.3) is 5.91 Å². The van der Waals surface area contributed by atoms with Gasteiger partial charge < -0.3 is 11.1 Å². The zero-order valence-electron chi connectivity index (χ0n) is 15.5. The molecule has 1 aliphatic carbocycles. The smallest absolute Gasteiger partial charge is 0.308 e. The van der Waals surface area contributed by atoms with Crippen LogP contribution in [-0.4, -0.2) is 16.4 Å². The molecule has 1 aromatic carbocycles. The largest absolute Gasteiger partial charge is 0.365 e. The van der Waals surface area contributed by atoms with Crippen LogP contribution in [0.4, 0.5) is 5.00 Å². The molecule has 146 valence electrons. The lowest BCUT2D eigenvalue weighted by Crippen LogP contribution is -2.21. The van der Waals surface area contributed by atoms with Gasteiger partial charge in [-0.2, -0.15) is 0 Å². The predicted molar refractivity (Wildman–Crippen MR) is 113 cm³/mol. The minimum absolute atomic E-state index is 0.0765. The number of primary amides is 1. The summed E-state index contributed by atoms with van der Waals surface area (Å²) in [4.78, 5) is 37.8. The summed E-state index contributed by atoms with van der Waals surface area (Å²) in [5, 5.41) is 3.40. The minimum atomic E-state index is -0.498. The number of benzene rings is 1. The Hall–Kier alpha value is -2.45. The Labute approximate surface area is 170 Å². The third-order valence-corrected chi connectivity index (χ3v) is 7.28. The number of anilines is 1. The van der Waals surface area contributed by atoms with Crippen molar-refractivity contribution in [3.05, 3.63) is 49.9 Å². The van der Waals surface area contributed by atoms with Crippen molar-refractivity contribution >= 4 is 49.7 Å². The molecule has 0 aliphatic heterocycles. The number of nitrogens with two attached hydrogens (primary N) is 1. The van der Waals surface area contributed by atoms with Gasteiger partial charge >= 0.3 is 4.87 Å². The van der Waals surface area contributed by atoms with Crippen molar-refractivity contribution in [1.82, 2.24) is 4.57 Å². The first-order valence-electron chi connectivity index (χ1n) is 9.26. The molecule has 2 amide bonds. The molecule has 1 aliphatic rings. The van der Waals surface area contributed by atoms with Gasteiger partial charge in [-0.15, -0.1) is 11.3 Å². The molecule has 1 unspecified atom stereocenters. The molecule has 0 saturated heterocycles. The molecule has 1 atom stereocenters. The lowest BCUT2D eigenvalue weighted by Gasteiger charge is -2.18. The third-order valence-electron chi connectivity index (χ3n) is 5.15. The maximum Gasteiger partial charge on any atom is 0.308 e. The van der Waals surface area contributed by atoms with Gasteiger partial charge in [0.15, 0.2) is 0 Å².